The number of rotatable bonds is 2. The molecule has 1 rings (SSSR count). The Labute approximate surface area is 72.1 Å². The second kappa shape index (κ2) is 3.87. The molecule has 0 spiro atoms. The molecule has 70 valence electrons. The summed E-state index contributed by atoms with van der Waals surface area (Å²) in [6.07, 6.45) is 0.252. The molecule has 0 aromatic rings. The van der Waals surface area contributed by atoms with Gasteiger partial charge < -0.3 is 14.7 Å². The largest absolute Gasteiger partial charge is 0.391 e. The maximum absolute atomic E-state index is 11.0. The Morgan fingerprint density at radius 2 is 2.42 bits per heavy atom. The molecule has 12 heavy (non-hydrogen) atoms. The molecule has 0 aromatic carbocycles. The van der Waals surface area contributed by atoms with Gasteiger partial charge in [-0.2, -0.15) is 0 Å². The van der Waals surface area contributed by atoms with Crippen LogP contribution in [0.5, 0.6) is 0 Å². The monoisotopic (exact) mass is 173 g/mol. The summed E-state index contributed by atoms with van der Waals surface area (Å²) in [6.45, 7) is 2.47. The molecule has 4 heteroatoms. The molecule has 0 saturated carbocycles. The zero-order valence-corrected chi connectivity index (χ0v) is 7.49. The summed E-state index contributed by atoms with van der Waals surface area (Å²) in [6, 6.07) is 0.0579. The molecule has 1 N–H and O–H groups in total. The van der Waals surface area contributed by atoms with Crippen LogP contribution in [-0.2, 0) is 9.53 Å². The van der Waals surface area contributed by atoms with Gasteiger partial charge in [-0.15, -0.1) is 0 Å². The van der Waals surface area contributed by atoms with Crippen LogP contribution in [0, 0.1) is 0 Å². The van der Waals surface area contributed by atoms with Crippen LogP contribution < -0.4 is 0 Å². The van der Waals surface area contributed by atoms with Crippen molar-refractivity contribution < 1.29 is 14.6 Å². The molecule has 4 nitrogen and oxygen atoms in total. The summed E-state index contributed by atoms with van der Waals surface area (Å²) in [5.74, 6) is 0.00796. The van der Waals surface area contributed by atoms with E-state index in [1.165, 1.54) is 6.92 Å². The number of ether oxygens (including phenoxy) is 1. The normalized spacial score (nSPS) is 29.4. The lowest BCUT2D eigenvalue weighted by Gasteiger charge is -2.21. The number of hydrogen-bond acceptors (Lipinski definition) is 3. The molecule has 1 amide bonds. The predicted octanol–water partition coefficient (Wildman–Crippen LogP) is -0.385. The fraction of sp³-hybridized carbons (Fsp3) is 0.875. The van der Waals surface area contributed by atoms with Gasteiger partial charge in [0.05, 0.1) is 18.8 Å². The quantitative estimate of drug-likeness (QED) is 0.619. The van der Waals surface area contributed by atoms with Crippen LogP contribution in [0.1, 0.15) is 13.3 Å². The van der Waals surface area contributed by atoms with Crippen molar-refractivity contribution >= 4 is 5.91 Å². The molecule has 1 heterocycles. The molecule has 1 saturated heterocycles. The van der Waals surface area contributed by atoms with E-state index < -0.39 is 0 Å². The van der Waals surface area contributed by atoms with E-state index in [4.69, 9.17) is 4.74 Å². The van der Waals surface area contributed by atoms with E-state index in [0.29, 0.717) is 19.6 Å². The topological polar surface area (TPSA) is 49.8 Å². The maximum Gasteiger partial charge on any atom is 0.219 e. The van der Waals surface area contributed by atoms with Crippen LogP contribution in [-0.4, -0.2) is 48.3 Å². The summed E-state index contributed by atoms with van der Waals surface area (Å²) in [5, 5.41) is 9.30. The van der Waals surface area contributed by atoms with E-state index in [0.717, 1.165) is 0 Å². The SMILES string of the molecule is COC[C@H]1C[C@@H](O)CN1C(C)=O. The number of amides is 1. The zero-order chi connectivity index (χ0) is 9.14. The Hall–Kier alpha value is -0.610. The van der Waals surface area contributed by atoms with Gasteiger partial charge in [-0.25, -0.2) is 0 Å². The Morgan fingerprint density at radius 1 is 1.75 bits per heavy atom. The van der Waals surface area contributed by atoms with Gasteiger partial charge in [0.25, 0.3) is 0 Å². The first-order valence-electron chi connectivity index (χ1n) is 4.09. The minimum Gasteiger partial charge on any atom is -0.391 e. The minimum absolute atomic E-state index is 0.00796. The van der Waals surface area contributed by atoms with E-state index in [-0.39, 0.29) is 18.1 Å². The number of nitrogens with zero attached hydrogens (tertiary/aromatic N) is 1. The lowest BCUT2D eigenvalue weighted by molar-refractivity contribution is -0.130. The molecule has 1 fully saturated rings. The summed E-state index contributed by atoms with van der Waals surface area (Å²) >= 11 is 0. The molecule has 0 bridgehead atoms. The Bertz CT molecular complexity index is 172. The lowest BCUT2D eigenvalue weighted by atomic mass is 10.2. The third-order valence-electron chi connectivity index (χ3n) is 2.16. The van der Waals surface area contributed by atoms with Gasteiger partial charge in [-0.1, -0.05) is 0 Å². The first kappa shape index (κ1) is 9.48. The van der Waals surface area contributed by atoms with Crippen LogP contribution in [0.3, 0.4) is 0 Å². The van der Waals surface area contributed by atoms with Crippen LogP contribution >= 0.6 is 0 Å². The third kappa shape index (κ3) is 1.95. The van der Waals surface area contributed by atoms with Gasteiger partial charge in [-0.3, -0.25) is 4.79 Å². The van der Waals surface area contributed by atoms with Crippen molar-refractivity contribution in [2.24, 2.45) is 0 Å². The molecule has 0 aliphatic carbocycles. The van der Waals surface area contributed by atoms with Gasteiger partial charge in [0.1, 0.15) is 0 Å². The van der Waals surface area contributed by atoms with Crippen molar-refractivity contribution in [2.75, 3.05) is 20.3 Å². The van der Waals surface area contributed by atoms with E-state index in [2.05, 4.69) is 0 Å². The zero-order valence-electron chi connectivity index (χ0n) is 7.49. The second-order valence-corrected chi connectivity index (χ2v) is 3.17. The third-order valence-corrected chi connectivity index (χ3v) is 2.16. The standard InChI is InChI=1S/C8H15NO3/c1-6(10)9-4-8(11)3-7(9)5-12-2/h7-8,11H,3-5H2,1-2H3/t7-,8-/m1/s1. The molecule has 1 aliphatic heterocycles. The van der Waals surface area contributed by atoms with Crippen LogP contribution in [0.15, 0.2) is 0 Å². The Morgan fingerprint density at radius 3 is 2.92 bits per heavy atom. The van der Waals surface area contributed by atoms with Gasteiger partial charge in [0.15, 0.2) is 0 Å². The molecule has 0 unspecified atom stereocenters. The minimum atomic E-state index is -0.381. The number of carbonyl (C=O) groups is 1. The van der Waals surface area contributed by atoms with Gasteiger partial charge >= 0.3 is 0 Å². The maximum atomic E-state index is 11.0. The van der Waals surface area contributed by atoms with Gasteiger partial charge in [0, 0.05) is 20.6 Å². The summed E-state index contributed by atoms with van der Waals surface area (Å²) < 4.78 is 4.95. The average molecular weight is 173 g/mol. The summed E-state index contributed by atoms with van der Waals surface area (Å²) in [5.41, 5.74) is 0. The van der Waals surface area contributed by atoms with Crippen LogP contribution in [0.4, 0.5) is 0 Å². The molecular weight excluding hydrogens is 158 g/mol. The number of β-amino-alcohol motifs (C(OH)–C–C–N with tert-alkyl or cyclic N) is 1. The predicted molar refractivity (Wildman–Crippen MR) is 43.7 cm³/mol. The lowest BCUT2D eigenvalue weighted by Crippen LogP contribution is -2.36. The molecule has 2 atom stereocenters. The highest BCUT2D eigenvalue weighted by Gasteiger charge is 2.32. The fourth-order valence-corrected chi connectivity index (χ4v) is 1.63. The van der Waals surface area contributed by atoms with E-state index >= 15 is 0 Å². The number of methoxy groups -OCH3 is 1. The number of carbonyl (C=O) groups excluding carboxylic acids is 1. The summed E-state index contributed by atoms with van der Waals surface area (Å²) in [4.78, 5) is 12.7. The van der Waals surface area contributed by atoms with Crippen molar-refractivity contribution in [1.82, 2.24) is 4.90 Å². The average Bonchev–Trinajstić information content (AvgIpc) is 2.32. The first-order chi connectivity index (χ1) is 5.65. The van der Waals surface area contributed by atoms with E-state index in [9.17, 15) is 9.90 Å². The van der Waals surface area contributed by atoms with Gasteiger partial charge in [-0.05, 0) is 6.42 Å². The highest BCUT2D eigenvalue weighted by Crippen LogP contribution is 2.17. The van der Waals surface area contributed by atoms with Crippen molar-refractivity contribution in [3.63, 3.8) is 0 Å². The smallest absolute Gasteiger partial charge is 0.219 e. The molecule has 0 aromatic heterocycles. The number of aliphatic hydroxyl groups is 1. The number of aliphatic hydroxyl groups excluding tert-OH is 1. The van der Waals surface area contributed by atoms with E-state index in [1.807, 2.05) is 0 Å². The van der Waals surface area contributed by atoms with Gasteiger partial charge in [0.2, 0.25) is 5.91 Å². The van der Waals surface area contributed by atoms with Crippen molar-refractivity contribution in [2.45, 2.75) is 25.5 Å². The van der Waals surface area contributed by atoms with Crippen LogP contribution in [0.2, 0.25) is 0 Å². The van der Waals surface area contributed by atoms with Crippen LogP contribution in [0.25, 0.3) is 0 Å². The highest BCUT2D eigenvalue weighted by molar-refractivity contribution is 5.74. The Kier molecular flexibility index (Phi) is 3.05. The highest BCUT2D eigenvalue weighted by atomic mass is 16.5. The van der Waals surface area contributed by atoms with E-state index in [1.54, 1.807) is 12.0 Å². The number of likely N-dealkylation sites (tertiary alicyclic amines) is 1. The number of hydrogen-bond donors (Lipinski definition) is 1. The van der Waals surface area contributed by atoms with Crippen molar-refractivity contribution in [3.8, 4) is 0 Å². The van der Waals surface area contributed by atoms with Crippen molar-refractivity contribution in [1.29, 1.82) is 0 Å². The molecule has 1 aliphatic rings. The van der Waals surface area contributed by atoms with Crippen molar-refractivity contribution in [3.05, 3.63) is 0 Å². The molecule has 0 radical (unpaired) electrons. The first-order valence-corrected chi connectivity index (χ1v) is 4.09. The Balaban J connectivity index is 2.53. The second-order valence-electron chi connectivity index (χ2n) is 3.17. The summed E-state index contributed by atoms with van der Waals surface area (Å²) in [7, 11) is 1.60. The molecular formula is C8H15NO3. The fourth-order valence-electron chi connectivity index (χ4n) is 1.63.